The Morgan fingerprint density at radius 1 is 1.53 bits per heavy atom. The van der Waals surface area contributed by atoms with Crippen molar-refractivity contribution in [3.05, 3.63) is 29.8 Å². The van der Waals surface area contributed by atoms with E-state index >= 15 is 0 Å². The highest BCUT2D eigenvalue weighted by Gasteiger charge is 2.11. The van der Waals surface area contributed by atoms with Crippen LogP contribution < -0.4 is 4.74 Å². The third-order valence-corrected chi connectivity index (χ3v) is 2.26. The van der Waals surface area contributed by atoms with Gasteiger partial charge < -0.3 is 9.84 Å². The lowest BCUT2D eigenvalue weighted by molar-refractivity contribution is -0.138. The van der Waals surface area contributed by atoms with Crippen molar-refractivity contribution in [3.8, 4) is 18.1 Å². The van der Waals surface area contributed by atoms with Crippen molar-refractivity contribution < 1.29 is 14.6 Å². The molecule has 17 heavy (non-hydrogen) atoms. The monoisotopic (exact) mass is 233 g/mol. The maximum atomic E-state index is 10.7. The number of methoxy groups -OCH3 is 1. The summed E-state index contributed by atoms with van der Waals surface area (Å²) in [4.78, 5) is 12.4. The molecule has 0 unspecified atom stereocenters. The number of terminal acetylenes is 1. The van der Waals surface area contributed by atoms with Gasteiger partial charge in [-0.15, -0.1) is 6.42 Å². The summed E-state index contributed by atoms with van der Waals surface area (Å²) in [5, 5.41) is 8.77. The summed E-state index contributed by atoms with van der Waals surface area (Å²) in [7, 11) is 1.58. The molecule has 0 radical (unpaired) electrons. The summed E-state index contributed by atoms with van der Waals surface area (Å²) < 4.78 is 5.20. The first kappa shape index (κ1) is 13.1. The van der Waals surface area contributed by atoms with Crippen LogP contribution in [0.2, 0.25) is 0 Å². The predicted octanol–water partition coefficient (Wildman–Crippen LogP) is 1.21. The van der Waals surface area contributed by atoms with Gasteiger partial charge in [0.25, 0.3) is 0 Å². The highest BCUT2D eigenvalue weighted by atomic mass is 16.5. The first-order valence-corrected chi connectivity index (χ1v) is 5.17. The molecule has 0 atom stereocenters. The summed E-state index contributed by atoms with van der Waals surface area (Å²) >= 11 is 0. The van der Waals surface area contributed by atoms with Gasteiger partial charge in [0.1, 0.15) is 5.75 Å². The van der Waals surface area contributed by atoms with Crippen LogP contribution in [-0.2, 0) is 11.3 Å². The van der Waals surface area contributed by atoms with Crippen LogP contribution in [0.4, 0.5) is 0 Å². The van der Waals surface area contributed by atoms with Gasteiger partial charge in [0.05, 0.1) is 20.2 Å². The molecule has 0 spiro atoms. The number of carboxylic acid groups (broad SMARTS) is 1. The van der Waals surface area contributed by atoms with E-state index in [1.165, 1.54) is 0 Å². The standard InChI is InChI=1S/C13H15NO3/c1-3-8-14(10-13(15)16)9-11-6-4-5-7-12(11)17-2/h1,4-7H,8-10H2,2H3,(H,15,16). The van der Waals surface area contributed by atoms with Gasteiger partial charge in [-0.2, -0.15) is 0 Å². The van der Waals surface area contributed by atoms with Gasteiger partial charge in [-0.25, -0.2) is 0 Å². The quantitative estimate of drug-likeness (QED) is 0.750. The number of benzene rings is 1. The van der Waals surface area contributed by atoms with Crippen molar-refractivity contribution in [2.45, 2.75) is 6.54 Å². The minimum Gasteiger partial charge on any atom is -0.496 e. The molecule has 4 heteroatoms. The highest BCUT2D eigenvalue weighted by Crippen LogP contribution is 2.18. The van der Waals surface area contributed by atoms with Crippen LogP contribution in [0.15, 0.2) is 24.3 Å². The number of para-hydroxylation sites is 1. The van der Waals surface area contributed by atoms with Crippen LogP contribution in [0.25, 0.3) is 0 Å². The number of nitrogens with zero attached hydrogens (tertiary/aromatic N) is 1. The van der Waals surface area contributed by atoms with E-state index in [2.05, 4.69) is 5.92 Å². The maximum Gasteiger partial charge on any atom is 0.317 e. The lowest BCUT2D eigenvalue weighted by Crippen LogP contribution is -2.29. The third-order valence-electron chi connectivity index (χ3n) is 2.26. The molecule has 0 amide bonds. The average molecular weight is 233 g/mol. The molecular formula is C13H15NO3. The van der Waals surface area contributed by atoms with Gasteiger partial charge in [-0.05, 0) is 6.07 Å². The van der Waals surface area contributed by atoms with E-state index in [0.29, 0.717) is 13.1 Å². The first-order chi connectivity index (χ1) is 8.17. The topological polar surface area (TPSA) is 49.8 Å². The van der Waals surface area contributed by atoms with Crippen LogP contribution >= 0.6 is 0 Å². The Morgan fingerprint density at radius 2 is 2.24 bits per heavy atom. The van der Waals surface area contributed by atoms with Gasteiger partial charge in [-0.1, -0.05) is 24.1 Å². The largest absolute Gasteiger partial charge is 0.496 e. The molecule has 1 rings (SSSR count). The molecule has 0 aliphatic carbocycles. The summed E-state index contributed by atoms with van der Waals surface area (Å²) in [5.74, 6) is 2.30. The summed E-state index contributed by atoms with van der Waals surface area (Å²) in [6.45, 7) is 0.674. The number of carbonyl (C=O) groups is 1. The second-order valence-corrected chi connectivity index (χ2v) is 3.55. The Hall–Kier alpha value is -1.99. The minimum atomic E-state index is -0.893. The van der Waals surface area contributed by atoms with Crippen LogP contribution in [0, 0.1) is 12.3 Å². The van der Waals surface area contributed by atoms with Crippen LogP contribution in [0.1, 0.15) is 5.56 Å². The van der Waals surface area contributed by atoms with Crippen LogP contribution in [0.3, 0.4) is 0 Å². The fourth-order valence-corrected chi connectivity index (χ4v) is 1.56. The number of carboxylic acids is 1. The Balaban J connectivity index is 2.78. The Bertz CT molecular complexity index is 423. The smallest absolute Gasteiger partial charge is 0.317 e. The minimum absolute atomic E-state index is 0.0811. The molecule has 0 aromatic heterocycles. The zero-order valence-electron chi connectivity index (χ0n) is 9.72. The Labute approximate surface area is 101 Å². The molecule has 0 saturated carbocycles. The number of ether oxygens (including phenoxy) is 1. The van der Waals surface area contributed by atoms with E-state index < -0.39 is 5.97 Å². The molecule has 0 bridgehead atoms. The number of hydrogen-bond donors (Lipinski definition) is 1. The van der Waals surface area contributed by atoms with Gasteiger partial charge in [-0.3, -0.25) is 9.69 Å². The van der Waals surface area contributed by atoms with Gasteiger partial charge >= 0.3 is 5.97 Å². The second kappa shape index (κ2) is 6.56. The molecule has 0 aliphatic heterocycles. The second-order valence-electron chi connectivity index (χ2n) is 3.55. The van der Waals surface area contributed by atoms with Crippen LogP contribution in [0.5, 0.6) is 5.75 Å². The molecule has 0 fully saturated rings. The fourth-order valence-electron chi connectivity index (χ4n) is 1.56. The summed E-state index contributed by atoms with van der Waals surface area (Å²) in [6, 6.07) is 7.48. The summed E-state index contributed by atoms with van der Waals surface area (Å²) in [6.07, 6.45) is 5.21. The van der Waals surface area contributed by atoms with E-state index in [1.807, 2.05) is 24.3 Å². The highest BCUT2D eigenvalue weighted by molar-refractivity contribution is 5.69. The van der Waals surface area contributed by atoms with E-state index in [9.17, 15) is 4.79 Å². The van der Waals surface area contributed by atoms with Gasteiger partial charge in [0.2, 0.25) is 0 Å². The van der Waals surface area contributed by atoms with E-state index in [4.69, 9.17) is 16.3 Å². The normalized spacial score (nSPS) is 9.94. The molecule has 0 saturated heterocycles. The Kier molecular flexibility index (Phi) is 5.05. The fraction of sp³-hybridized carbons (Fsp3) is 0.308. The van der Waals surface area contributed by atoms with Gasteiger partial charge in [0, 0.05) is 12.1 Å². The SMILES string of the molecule is C#CCN(CC(=O)O)Cc1ccccc1OC. The van der Waals surface area contributed by atoms with E-state index in [-0.39, 0.29) is 6.54 Å². The first-order valence-electron chi connectivity index (χ1n) is 5.17. The van der Waals surface area contributed by atoms with Crippen molar-refractivity contribution in [2.75, 3.05) is 20.2 Å². The molecule has 1 N–H and O–H groups in total. The van der Waals surface area contributed by atoms with Crippen molar-refractivity contribution >= 4 is 5.97 Å². The molecular weight excluding hydrogens is 218 g/mol. The zero-order valence-corrected chi connectivity index (χ0v) is 9.72. The number of hydrogen-bond acceptors (Lipinski definition) is 3. The predicted molar refractivity (Wildman–Crippen MR) is 64.7 cm³/mol. The lowest BCUT2D eigenvalue weighted by Gasteiger charge is -2.18. The van der Waals surface area contributed by atoms with E-state index in [0.717, 1.165) is 11.3 Å². The summed E-state index contributed by atoms with van der Waals surface area (Å²) in [5.41, 5.74) is 0.923. The Morgan fingerprint density at radius 3 is 2.82 bits per heavy atom. The average Bonchev–Trinajstić information content (AvgIpc) is 2.29. The van der Waals surface area contributed by atoms with Crippen molar-refractivity contribution in [1.82, 2.24) is 4.90 Å². The zero-order chi connectivity index (χ0) is 12.7. The van der Waals surface area contributed by atoms with Gasteiger partial charge in [0.15, 0.2) is 0 Å². The number of rotatable bonds is 6. The molecule has 90 valence electrons. The van der Waals surface area contributed by atoms with Crippen molar-refractivity contribution in [3.63, 3.8) is 0 Å². The van der Waals surface area contributed by atoms with E-state index in [1.54, 1.807) is 12.0 Å². The van der Waals surface area contributed by atoms with Crippen molar-refractivity contribution in [1.29, 1.82) is 0 Å². The van der Waals surface area contributed by atoms with Crippen molar-refractivity contribution in [2.24, 2.45) is 0 Å². The third kappa shape index (κ3) is 4.17. The molecule has 4 nitrogen and oxygen atoms in total. The molecule has 0 aliphatic rings. The molecule has 0 heterocycles. The molecule has 1 aromatic carbocycles. The number of aliphatic carboxylic acids is 1. The molecule has 1 aromatic rings. The maximum absolute atomic E-state index is 10.7. The lowest BCUT2D eigenvalue weighted by atomic mass is 10.2. The van der Waals surface area contributed by atoms with Crippen LogP contribution in [-0.4, -0.2) is 36.2 Å².